The number of carbonyl (C=O) groups excluding carboxylic acids is 1. The van der Waals surface area contributed by atoms with E-state index in [9.17, 15) is 4.79 Å². The number of ketones is 1. The molecule has 0 bridgehead atoms. The van der Waals surface area contributed by atoms with E-state index in [0.29, 0.717) is 24.3 Å². The van der Waals surface area contributed by atoms with Crippen LogP contribution in [0.4, 0.5) is 0 Å². The van der Waals surface area contributed by atoms with Crippen LogP contribution in [0.3, 0.4) is 0 Å². The third-order valence-electron chi connectivity index (χ3n) is 2.46. The van der Waals surface area contributed by atoms with Crippen molar-refractivity contribution in [2.75, 3.05) is 13.7 Å². The first-order valence-electron chi connectivity index (χ1n) is 6.10. The van der Waals surface area contributed by atoms with Crippen molar-refractivity contribution < 1.29 is 14.3 Å². The van der Waals surface area contributed by atoms with Crippen LogP contribution in [0.25, 0.3) is 0 Å². The standard InChI is InChI=1S/C14H21NO3/c1-10(2)18-12-6-4-5-11(9-12)14(16)13(15)7-8-17-3/h4-6,9-10,13H,7-8,15H2,1-3H3. The summed E-state index contributed by atoms with van der Waals surface area (Å²) in [4.78, 5) is 12.1. The molecule has 1 atom stereocenters. The Kier molecular flexibility index (Phi) is 5.82. The largest absolute Gasteiger partial charge is 0.491 e. The first kappa shape index (κ1) is 14.7. The molecule has 1 rings (SSSR count). The molecular formula is C14H21NO3. The van der Waals surface area contributed by atoms with Crippen LogP contribution in [0.2, 0.25) is 0 Å². The number of benzene rings is 1. The number of hydrogen-bond acceptors (Lipinski definition) is 4. The van der Waals surface area contributed by atoms with E-state index >= 15 is 0 Å². The molecule has 0 fully saturated rings. The number of rotatable bonds is 7. The summed E-state index contributed by atoms with van der Waals surface area (Å²) in [5, 5.41) is 0. The summed E-state index contributed by atoms with van der Waals surface area (Å²) in [6.45, 7) is 4.37. The van der Waals surface area contributed by atoms with Crippen LogP contribution >= 0.6 is 0 Å². The Labute approximate surface area is 108 Å². The van der Waals surface area contributed by atoms with E-state index in [-0.39, 0.29) is 11.9 Å². The quantitative estimate of drug-likeness (QED) is 0.753. The first-order chi connectivity index (χ1) is 8.54. The molecular weight excluding hydrogens is 230 g/mol. The van der Waals surface area contributed by atoms with Crippen LogP contribution in [0, 0.1) is 0 Å². The van der Waals surface area contributed by atoms with Gasteiger partial charge in [0.25, 0.3) is 0 Å². The lowest BCUT2D eigenvalue weighted by molar-refractivity contribution is 0.0934. The molecule has 0 aromatic heterocycles. The van der Waals surface area contributed by atoms with Gasteiger partial charge in [0.1, 0.15) is 5.75 Å². The van der Waals surface area contributed by atoms with Crippen molar-refractivity contribution in [1.29, 1.82) is 0 Å². The van der Waals surface area contributed by atoms with Crippen LogP contribution in [0.15, 0.2) is 24.3 Å². The lowest BCUT2D eigenvalue weighted by Gasteiger charge is -2.13. The number of Topliss-reactive ketones (excluding diaryl/α,β-unsaturated/α-hetero) is 1. The maximum Gasteiger partial charge on any atom is 0.179 e. The van der Waals surface area contributed by atoms with Crippen molar-refractivity contribution in [3.63, 3.8) is 0 Å². The van der Waals surface area contributed by atoms with Crippen LogP contribution in [0.1, 0.15) is 30.6 Å². The fraction of sp³-hybridized carbons (Fsp3) is 0.500. The molecule has 0 spiro atoms. The van der Waals surface area contributed by atoms with Gasteiger partial charge in [0.2, 0.25) is 0 Å². The van der Waals surface area contributed by atoms with Gasteiger partial charge < -0.3 is 15.2 Å². The highest BCUT2D eigenvalue weighted by Crippen LogP contribution is 2.16. The summed E-state index contributed by atoms with van der Waals surface area (Å²) in [5.41, 5.74) is 6.40. The van der Waals surface area contributed by atoms with Crippen molar-refractivity contribution in [2.45, 2.75) is 32.4 Å². The van der Waals surface area contributed by atoms with E-state index < -0.39 is 6.04 Å². The fourth-order valence-corrected chi connectivity index (χ4v) is 1.58. The van der Waals surface area contributed by atoms with Gasteiger partial charge in [-0.2, -0.15) is 0 Å². The van der Waals surface area contributed by atoms with Crippen molar-refractivity contribution in [3.8, 4) is 5.75 Å². The van der Waals surface area contributed by atoms with E-state index in [1.54, 1.807) is 25.3 Å². The average Bonchev–Trinajstić information content (AvgIpc) is 2.34. The predicted molar refractivity (Wildman–Crippen MR) is 71.0 cm³/mol. The van der Waals surface area contributed by atoms with E-state index in [4.69, 9.17) is 15.2 Å². The van der Waals surface area contributed by atoms with Crippen LogP contribution in [0.5, 0.6) is 5.75 Å². The highest BCUT2D eigenvalue weighted by atomic mass is 16.5. The molecule has 0 aliphatic carbocycles. The van der Waals surface area contributed by atoms with Gasteiger partial charge in [-0.05, 0) is 32.4 Å². The zero-order valence-electron chi connectivity index (χ0n) is 11.2. The Morgan fingerprint density at radius 3 is 2.72 bits per heavy atom. The molecule has 0 saturated carbocycles. The van der Waals surface area contributed by atoms with Crippen molar-refractivity contribution in [1.82, 2.24) is 0 Å². The Morgan fingerprint density at radius 2 is 2.11 bits per heavy atom. The monoisotopic (exact) mass is 251 g/mol. The summed E-state index contributed by atoms with van der Waals surface area (Å²) in [5.74, 6) is 0.607. The van der Waals surface area contributed by atoms with Gasteiger partial charge in [0.05, 0.1) is 12.1 Å². The molecule has 2 N–H and O–H groups in total. The number of carbonyl (C=O) groups is 1. The summed E-state index contributed by atoms with van der Waals surface area (Å²) >= 11 is 0. The van der Waals surface area contributed by atoms with E-state index in [0.717, 1.165) is 0 Å². The normalized spacial score (nSPS) is 12.5. The van der Waals surface area contributed by atoms with Gasteiger partial charge in [0.15, 0.2) is 5.78 Å². The average molecular weight is 251 g/mol. The fourth-order valence-electron chi connectivity index (χ4n) is 1.58. The van der Waals surface area contributed by atoms with Crippen LogP contribution in [-0.4, -0.2) is 31.6 Å². The molecule has 0 saturated heterocycles. The third-order valence-corrected chi connectivity index (χ3v) is 2.46. The van der Waals surface area contributed by atoms with E-state index in [1.807, 2.05) is 19.9 Å². The minimum absolute atomic E-state index is 0.0810. The molecule has 0 heterocycles. The van der Waals surface area contributed by atoms with E-state index in [1.165, 1.54) is 0 Å². The van der Waals surface area contributed by atoms with Crippen molar-refractivity contribution in [3.05, 3.63) is 29.8 Å². The zero-order valence-corrected chi connectivity index (χ0v) is 11.2. The third kappa shape index (κ3) is 4.47. The zero-order chi connectivity index (χ0) is 13.5. The second-order valence-corrected chi connectivity index (χ2v) is 4.45. The van der Waals surface area contributed by atoms with E-state index in [2.05, 4.69) is 0 Å². The van der Waals surface area contributed by atoms with Gasteiger partial charge >= 0.3 is 0 Å². The van der Waals surface area contributed by atoms with Crippen molar-refractivity contribution >= 4 is 5.78 Å². The molecule has 0 amide bonds. The Morgan fingerprint density at radius 1 is 1.39 bits per heavy atom. The molecule has 1 unspecified atom stereocenters. The number of methoxy groups -OCH3 is 1. The molecule has 4 heteroatoms. The molecule has 0 aliphatic heterocycles. The van der Waals surface area contributed by atoms with Gasteiger partial charge in [-0.25, -0.2) is 0 Å². The summed E-state index contributed by atoms with van der Waals surface area (Å²) in [7, 11) is 1.59. The Hall–Kier alpha value is -1.39. The smallest absolute Gasteiger partial charge is 0.179 e. The Balaban J connectivity index is 2.73. The van der Waals surface area contributed by atoms with Gasteiger partial charge in [-0.15, -0.1) is 0 Å². The molecule has 0 aliphatic rings. The number of hydrogen-bond donors (Lipinski definition) is 1. The SMILES string of the molecule is COCCC(N)C(=O)c1cccc(OC(C)C)c1. The highest BCUT2D eigenvalue weighted by molar-refractivity contribution is 6.00. The first-order valence-corrected chi connectivity index (χ1v) is 6.10. The molecule has 1 aromatic carbocycles. The highest BCUT2D eigenvalue weighted by Gasteiger charge is 2.16. The second kappa shape index (κ2) is 7.13. The second-order valence-electron chi connectivity index (χ2n) is 4.45. The number of nitrogens with two attached hydrogens (primary N) is 1. The van der Waals surface area contributed by atoms with Crippen LogP contribution in [-0.2, 0) is 4.74 Å². The molecule has 1 aromatic rings. The minimum atomic E-state index is -0.528. The maximum absolute atomic E-state index is 12.1. The van der Waals surface area contributed by atoms with Gasteiger partial charge in [-0.3, -0.25) is 4.79 Å². The molecule has 4 nitrogen and oxygen atoms in total. The number of ether oxygens (including phenoxy) is 2. The van der Waals surface area contributed by atoms with Crippen molar-refractivity contribution in [2.24, 2.45) is 5.73 Å². The Bertz CT molecular complexity index is 390. The predicted octanol–water partition coefficient (Wildman–Crippen LogP) is 2.02. The summed E-state index contributed by atoms with van der Waals surface area (Å²) in [6, 6.07) is 6.59. The summed E-state index contributed by atoms with van der Waals surface area (Å²) < 4.78 is 10.5. The molecule has 0 radical (unpaired) electrons. The minimum Gasteiger partial charge on any atom is -0.491 e. The van der Waals surface area contributed by atoms with Gasteiger partial charge in [-0.1, -0.05) is 12.1 Å². The summed E-state index contributed by atoms with van der Waals surface area (Å²) in [6.07, 6.45) is 0.599. The lowest BCUT2D eigenvalue weighted by Crippen LogP contribution is -2.31. The topological polar surface area (TPSA) is 61.5 Å². The molecule has 18 heavy (non-hydrogen) atoms. The molecule has 100 valence electrons. The lowest BCUT2D eigenvalue weighted by atomic mass is 10.0. The van der Waals surface area contributed by atoms with Gasteiger partial charge in [0, 0.05) is 19.3 Å². The maximum atomic E-state index is 12.1. The van der Waals surface area contributed by atoms with Crippen LogP contribution < -0.4 is 10.5 Å².